The van der Waals surface area contributed by atoms with E-state index < -0.39 is 0 Å². The Balaban J connectivity index is 1.46. The summed E-state index contributed by atoms with van der Waals surface area (Å²) in [5.41, 5.74) is 5.47. The molecule has 9 nitrogen and oxygen atoms in total. The van der Waals surface area contributed by atoms with Gasteiger partial charge in [0.1, 0.15) is 23.1 Å². The van der Waals surface area contributed by atoms with Crippen molar-refractivity contribution < 1.29 is 23.8 Å². The fourth-order valence-corrected chi connectivity index (χ4v) is 4.95. The fourth-order valence-electron chi connectivity index (χ4n) is 4.95. The number of rotatable bonds is 9. The van der Waals surface area contributed by atoms with Crippen LogP contribution < -0.4 is 10.1 Å². The first-order valence-electron chi connectivity index (χ1n) is 13.3. The third-order valence-corrected chi connectivity index (χ3v) is 7.16. The molecule has 0 bridgehead atoms. The Morgan fingerprint density at radius 3 is 2.75 bits per heavy atom. The van der Waals surface area contributed by atoms with Crippen LogP contribution in [0.25, 0.3) is 33.6 Å². The molecule has 206 valence electrons. The molecule has 2 aromatic heterocycles. The Morgan fingerprint density at radius 2 is 2.00 bits per heavy atom. The van der Waals surface area contributed by atoms with E-state index in [4.69, 9.17) is 19.0 Å². The number of nitrogens with one attached hydrogen (secondary N) is 1. The number of methoxy groups -OCH3 is 1. The van der Waals surface area contributed by atoms with Crippen LogP contribution in [0.15, 0.2) is 59.1 Å². The number of aliphatic hydroxyl groups is 1. The first-order chi connectivity index (χ1) is 19.5. The van der Waals surface area contributed by atoms with Crippen LogP contribution in [0.5, 0.6) is 5.75 Å². The average Bonchev–Trinajstić information content (AvgIpc) is 3.44. The van der Waals surface area contributed by atoms with Gasteiger partial charge in [0.05, 0.1) is 23.9 Å². The minimum absolute atomic E-state index is 0.0249. The second-order valence-corrected chi connectivity index (χ2v) is 9.81. The van der Waals surface area contributed by atoms with Crippen molar-refractivity contribution in [2.24, 2.45) is 0 Å². The molecule has 3 heterocycles. The molecule has 1 amide bonds. The van der Waals surface area contributed by atoms with Crippen LogP contribution in [0.3, 0.4) is 0 Å². The highest BCUT2D eigenvalue weighted by atomic mass is 16.5. The molecule has 0 saturated carbocycles. The summed E-state index contributed by atoms with van der Waals surface area (Å²) in [7, 11) is 3.25. The Kier molecular flexibility index (Phi) is 8.29. The number of carbonyl (C=O) groups excluding carboxylic acids is 1. The van der Waals surface area contributed by atoms with Crippen LogP contribution in [-0.4, -0.2) is 67.5 Å². The van der Waals surface area contributed by atoms with Crippen LogP contribution in [0, 0.1) is 11.3 Å². The lowest BCUT2D eigenvalue weighted by atomic mass is 10.0. The second-order valence-electron chi connectivity index (χ2n) is 9.81. The van der Waals surface area contributed by atoms with Crippen LogP contribution >= 0.6 is 0 Å². The second kappa shape index (κ2) is 12.2. The summed E-state index contributed by atoms with van der Waals surface area (Å²) in [5, 5.41) is 22.4. The third-order valence-electron chi connectivity index (χ3n) is 7.16. The van der Waals surface area contributed by atoms with Crippen molar-refractivity contribution in [2.45, 2.75) is 25.3 Å². The van der Waals surface area contributed by atoms with Gasteiger partial charge in [0, 0.05) is 62.8 Å². The van der Waals surface area contributed by atoms with Crippen molar-refractivity contribution in [3.63, 3.8) is 0 Å². The zero-order chi connectivity index (χ0) is 28.1. The van der Waals surface area contributed by atoms with Crippen LogP contribution in [0.2, 0.25) is 0 Å². The van der Waals surface area contributed by atoms with Gasteiger partial charge in [-0.3, -0.25) is 9.78 Å². The van der Waals surface area contributed by atoms with Gasteiger partial charge < -0.3 is 29.2 Å². The standard InChI is InChI=1S/C31H32N4O5/c1-35(12-3-13-36)31(37)21-4-6-25(28(17-21)38-2)29-18-27-30(40-29)24(8-11-33-27)20-5-7-26(22(16-20)19-32)34-23-9-14-39-15-10-23/h4-8,11,16-18,23,34,36H,3,9-10,12-15H2,1-2H3. The van der Waals surface area contributed by atoms with Gasteiger partial charge in [-0.1, -0.05) is 6.07 Å². The molecule has 40 heavy (non-hydrogen) atoms. The summed E-state index contributed by atoms with van der Waals surface area (Å²) < 4.78 is 17.4. The molecule has 2 aromatic carbocycles. The smallest absolute Gasteiger partial charge is 0.253 e. The summed E-state index contributed by atoms with van der Waals surface area (Å²) in [6, 6.07) is 17.3. The summed E-state index contributed by atoms with van der Waals surface area (Å²) in [6.45, 7) is 1.92. The van der Waals surface area contributed by atoms with E-state index in [1.165, 1.54) is 0 Å². The lowest BCUT2D eigenvalue weighted by Crippen LogP contribution is -2.28. The summed E-state index contributed by atoms with van der Waals surface area (Å²) in [4.78, 5) is 18.9. The van der Waals surface area contributed by atoms with Crippen molar-refractivity contribution in [1.82, 2.24) is 9.88 Å². The number of aliphatic hydroxyl groups excluding tert-OH is 1. The van der Waals surface area contributed by atoms with Gasteiger partial charge >= 0.3 is 0 Å². The molecule has 9 heteroatoms. The number of anilines is 1. The van der Waals surface area contributed by atoms with E-state index in [9.17, 15) is 10.1 Å². The number of nitrogens with zero attached hydrogens (tertiary/aromatic N) is 3. The number of fused-ring (bicyclic) bond motifs is 1. The van der Waals surface area contributed by atoms with E-state index in [-0.39, 0.29) is 18.6 Å². The van der Waals surface area contributed by atoms with E-state index in [0.29, 0.717) is 52.3 Å². The quantitative estimate of drug-likeness (QED) is 0.301. The van der Waals surface area contributed by atoms with Gasteiger partial charge in [-0.25, -0.2) is 0 Å². The number of aromatic nitrogens is 1. The average molecular weight is 541 g/mol. The van der Waals surface area contributed by atoms with Gasteiger partial charge in [0.2, 0.25) is 0 Å². The first kappa shape index (κ1) is 27.2. The molecule has 0 radical (unpaired) electrons. The molecular weight excluding hydrogens is 508 g/mol. The first-order valence-corrected chi connectivity index (χ1v) is 13.3. The van der Waals surface area contributed by atoms with E-state index >= 15 is 0 Å². The molecule has 5 rings (SSSR count). The fraction of sp³-hybridized carbons (Fsp3) is 0.323. The minimum atomic E-state index is -0.157. The molecule has 0 spiro atoms. The normalized spacial score (nSPS) is 13.7. The van der Waals surface area contributed by atoms with Gasteiger partial charge in [-0.05, 0) is 61.2 Å². The molecular formula is C31H32N4O5. The van der Waals surface area contributed by atoms with Crippen molar-refractivity contribution in [3.05, 3.63) is 65.9 Å². The van der Waals surface area contributed by atoms with E-state index in [1.54, 1.807) is 43.5 Å². The number of carbonyl (C=O) groups is 1. The SMILES string of the molecule is COc1cc(C(=O)N(C)CCCO)ccc1-c1cc2nccc(-c3ccc(NC4CCOCC4)c(C#N)c3)c2o1. The van der Waals surface area contributed by atoms with Gasteiger partial charge in [-0.2, -0.15) is 5.26 Å². The van der Waals surface area contributed by atoms with Crippen LogP contribution in [-0.2, 0) is 4.74 Å². The number of furan rings is 1. The van der Waals surface area contributed by atoms with Crippen molar-refractivity contribution in [2.75, 3.05) is 45.8 Å². The zero-order valence-corrected chi connectivity index (χ0v) is 22.6. The molecule has 1 saturated heterocycles. The van der Waals surface area contributed by atoms with Crippen LogP contribution in [0.4, 0.5) is 5.69 Å². The highest BCUT2D eigenvalue weighted by molar-refractivity contribution is 5.96. The number of amides is 1. The Morgan fingerprint density at radius 1 is 1.18 bits per heavy atom. The van der Waals surface area contributed by atoms with Crippen molar-refractivity contribution in [3.8, 4) is 34.3 Å². The molecule has 4 aromatic rings. The maximum Gasteiger partial charge on any atom is 0.253 e. The number of nitriles is 1. The van der Waals surface area contributed by atoms with Gasteiger partial charge in [0.15, 0.2) is 5.58 Å². The molecule has 1 aliphatic rings. The number of hydrogen-bond donors (Lipinski definition) is 2. The highest BCUT2D eigenvalue weighted by Crippen LogP contribution is 2.38. The summed E-state index contributed by atoms with van der Waals surface area (Å²) in [6.07, 6.45) is 4.05. The van der Waals surface area contributed by atoms with Gasteiger partial charge in [-0.15, -0.1) is 0 Å². The van der Waals surface area contributed by atoms with Crippen molar-refractivity contribution >= 4 is 22.7 Å². The predicted molar refractivity (Wildman–Crippen MR) is 152 cm³/mol. The highest BCUT2D eigenvalue weighted by Gasteiger charge is 2.20. The predicted octanol–water partition coefficient (Wildman–Crippen LogP) is 5.09. The van der Waals surface area contributed by atoms with E-state index in [0.717, 1.165) is 42.9 Å². The van der Waals surface area contributed by atoms with E-state index in [2.05, 4.69) is 16.4 Å². The third kappa shape index (κ3) is 5.64. The Labute approximate surface area is 232 Å². The Hall–Kier alpha value is -4.39. The molecule has 0 atom stereocenters. The molecule has 1 fully saturated rings. The largest absolute Gasteiger partial charge is 0.496 e. The number of ether oxygens (including phenoxy) is 2. The molecule has 2 N–H and O–H groups in total. The summed E-state index contributed by atoms with van der Waals surface area (Å²) in [5.74, 6) is 0.893. The number of pyridine rings is 1. The maximum atomic E-state index is 12.8. The topological polar surface area (TPSA) is 121 Å². The zero-order valence-electron chi connectivity index (χ0n) is 22.6. The molecule has 0 aliphatic carbocycles. The monoisotopic (exact) mass is 540 g/mol. The minimum Gasteiger partial charge on any atom is -0.496 e. The Bertz CT molecular complexity index is 1550. The molecule has 1 aliphatic heterocycles. The summed E-state index contributed by atoms with van der Waals surface area (Å²) >= 11 is 0. The molecule has 0 unspecified atom stereocenters. The lowest BCUT2D eigenvalue weighted by molar-refractivity contribution is 0.0786. The maximum absolute atomic E-state index is 12.8. The van der Waals surface area contributed by atoms with Crippen molar-refractivity contribution in [1.29, 1.82) is 5.26 Å². The van der Waals surface area contributed by atoms with E-state index in [1.807, 2.05) is 30.3 Å². The van der Waals surface area contributed by atoms with Gasteiger partial charge in [0.25, 0.3) is 5.91 Å². The van der Waals surface area contributed by atoms with Crippen LogP contribution in [0.1, 0.15) is 35.2 Å². The number of hydrogen-bond acceptors (Lipinski definition) is 8. The number of benzene rings is 2. The lowest BCUT2D eigenvalue weighted by Gasteiger charge is -2.24.